The monoisotopic (exact) mass is 216 g/mol. The highest BCUT2D eigenvalue weighted by atomic mass is 19.1. The lowest BCUT2D eigenvalue weighted by molar-refractivity contribution is 0.484. The predicted molar refractivity (Wildman–Crippen MR) is 64.8 cm³/mol. The Morgan fingerprint density at radius 1 is 1.25 bits per heavy atom. The molecule has 84 valence electrons. The summed E-state index contributed by atoms with van der Waals surface area (Å²) in [4.78, 5) is 0. The first kappa shape index (κ1) is 10.1. The van der Waals surface area contributed by atoms with Crippen LogP contribution in [-0.2, 0) is 0 Å². The van der Waals surface area contributed by atoms with Crippen molar-refractivity contribution in [3.05, 3.63) is 40.7 Å². The zero-order valence-corrected chi connectivity index (χ0v) is 9.83. The minimum absolute atomic E-state index is 0.0764. The van der Waals surface area contributed by atoms with Gasteiger partial charge in [-0.15, -0.1) is 0 Å². The Morgan fingerprint density at radius 2 is 2.00 bits per heavy atom. The van der Waals surface area contributed by atoms with E-state index < -0.39 is 0 Å². The molecule has 1 fully saturated rings. The first-order valence-corrected chi connectivity index (χ1v) is 6.15. The van der Waals surface area contributed by atoms with Crippen LogP contribution in [0.1, 0.15) is 42.4 Å². The van der Waals surface area contributed by atoms with E-state index in [1.165, 1.54) is 18.4 Å². The first-order chi connectivity index (χ1) is 7.66. The van der Waals surface area contributed by atoms with Crippen molar-refractivity contribution in [2.75, 3.05) is 0 Å². The van der Waals surface area contributed by atoms with Crippen LogP contribution in [-0.4, -0.2) is 0 Å². The molecule has 2 atom stereocenters. The smallest absolute Gasteiger partial charge is 0.126 e. The summed E-state index contributed by atoms with van der Waals surface area (Å²) in [7, 11) is 0. The van der Waals surface area contributed by atoms with Crippen LogP contribution in [0.5, 0.6) is 0 Å². The topological polar surface area (TPSA) is 0 Å². The number of allylic oxidation sites excluding steroid dienone is 1. The molecule has 0 bridgehead atoms. The molecule has 0 nitrogen and oxygen atoms in total. The predicted octanol–water partition coefficient (Wildman–Crippen LogP) is 4.29. The number of halogens is 1. The number of hydrogen-bond donors (Lipinski definition) is 0. The van der Waals surface area contributed by atoms with Crippen LogP contribution in [0.4, 0.5) is 4.39 Å². The second kappa shape index (κ2) is 3.44. The normalized spacial score (nSPS) is 27.9. The molecule has 0 saturated heterocycles. The Morgan fingerprint density at radius 3 is 2.69 bits per heavy atom. The van der Waals surface area contributed by atoms with Gasteiger partial charge in [0.15, 0.2) is 0 Å². The van der Waals surface area contributed by atoms with Crippen molar-refractivity contribution in [2.45, 2.75) is 32.6 Å². The number of rotatable bonds is 1. The summed E-state index contributed by atoms with van der Waals surface area (Å²) in [5.74, 6) is 1.99. The lowest BCUT2D eigenvalue weighted by Gasteiger charge is -2.28. The van der Waals surface area contributed by atoms with Gasteiger partial charge in [0.05, 0.1) is 0 Å². The summed E-state index contributed by atoms with van der Waals surface area (Å²) >= 11 is 0. The average molecular weight is 216 g/mol. The molecule has 1 heteroatoms. The molecule has 1 aromatic carbocycles. The zero-order valence-electron chi connectivity index (χ0n) is 9.83. The van der Waals surface area contributed by atoms with Crippen LogP contribution in [0.3, 0.4) is 0 Å². The van der Waals surface area contributed by atoms with Crippen LogP contribution < -0.4 is 0 Å². The Hall–Kier alpha value is -1.11. The van der Waals surface area contributed by atoms with E-state index in [1.54, 1.807) is 6.07 Å². The molecule has 0 aliphatic heterocycles. The fraction of sp³-hybridized carbons (Fsp3) is 0.467. The number of aryl methyl sites for hydroxylation is 1. The quantitative estimate of drug-likeness (QED) is 0.657. The Kier molecular flexibility index (Phi) is 2.17. The fourth-order valence-corrected chi connectivity index (χ4v) is 2.95. The summed E-state index contributed by atoms with van der Waals surface area (Å²) < 4.78 is 13.5. The van der Waals surface area contributed by atoms with Crippen molar-refractivity contribution in [2.24, 2.45) is 11.8 Å². The Bertz CT molecular complexity index is 455. The highest BCUT2D eigenvalue weighted by Gasteiger charge is 2.37. The summed E-state index contributed by atoms with van der Waals surface area (Å²) in [5, 5.41) is 0. The van der Waals surface area contributed by atoms with Crippen LogP contribution in [0, 0.1) is 24.6 Å². The van der Waals surface area contributed by atoms with Gasteiger partial charge in [-0.25, -0.2) is 4.39 Å². The van der Waals surface area contributed by atoms with E-state index in [4.69, 9.17) is 0 Å². The van der Waals surface area contributed by atoms with Gasteiger partial charge in [-0.1, -0.05) is 25.1 Å². The average Bonchev–Trinajstić information content (AvgIpc) is 3.04. The number of hydrogen-bond acceptors (Lipinski definition) is 0. The van der Waals surface area contributed by atoms with E-state index in [9.17, 15) is 4.39 Å². The minimum Gasteiger partial charge on any atom is -0.207 e. The zero-order chi connectivity index (χ0) is 11.3. The van der Waals surface area contributed by atoms with Crippen molar-refractivity contribution >= 4 is 6.08 Å². The SMILES string of the molecule is Cc1cc2c(cc1F)C=CC(C)C2C1CC1. The Balaban J connectivity index is 2.12. The Labute approximate surface area is 96.2 Å². The molecular formula is C15H17F. The fourth-order valence-electron chi connectivity index (χ4n) is 2.95. The van der Waals surface area contributed by atoms with Gasteiger partial charge in [-0.3, -0.25) is 0 Å². The molecule has 0 amide bonds. The van der Waals surface area contributed by atoms with Crippen molar-refractivity contribution < 1.29 is 4.39 Å². The summed E-state index contributed by atoms with van der Waals surface area (Å²) in [6, 6.07) is 3.76. The van der Waals surface area contributed by atoms with Gasteiger partial charge in [0.25, 0.3) is 0 Å². The van der Waals surface area contributed by atoms with Crippen LogP contribution in [0.25, 0.3) is 6.08 Å². The van der Waals surface area contributed by atoms with Crippen molar-refractivity contribution in [1.29, 1.82) is 0 Å². The molecule has 16 heavy (non-hydrogen) atoms. The van der Waals surface area contributed by atoms with Gasteiger partial charge in [-0.2, -0.15) is 0 Å². The van der Waals surface area contributed by atoms with E-state index in [0.717, 1.165) is 17.0 Å². The molecule has 1 saturated carbocycles. The molecule has 3 rings (SSSR count). The largest absolute Gasteiger partial charge is 0.207 e. The van der Waals surface area contributed by atoms with Crippen LogP contribution in [0.15, 0.2) is 18.2 Å². The maximum atomic E-state index is 13.5. The van der Waals surface area contributed by atoms with Crippen LogP contribution >= 0.6 is 0 Å². The number of fused-ring (bicyclic) bond motifs is 1. The molecule has 2 unspecified atom stereocenters. The van der Waals surface area contributed by atoms with E-state index >= 15 is 0 Å². The third-order valence-electron chi connectivity index (χ3n) is 4.00. The van der Waals surface area contributed by atoms with Crippen molar-refractivity contribution in [3.63, 3.8) is 0 Å². The molecular weight excluding hydrogens is 199 g/mol. The van der Waals surface area contributed by atoms with Crippen LogP contribution in [0.2, 0.25) is 0 Å². The van der Waals surface area contributed by atoms with Gasteiger partial charge in [0, 0.05) is 0 Å². The summed E-state index contributed by atoms with van der Waals surface area (Å²) in [6.07, 6.45) is 7.01. The van der Waals surface area contributed by atoms with Gasteiger partial charge in [-0.05, 0) is 60.3 Å². The lowest BCUT2D eigenvalue weighted by Crippen LogP contribution is -2.15. The second-order valence-corrected chi connectivity index (χ2v) is 5.31. The minimum atomic E-state index is -0.0764. The second-order valence-electron chi connectivity index (χ2n) is 5.31. The van der Waals surface area contributed by atoms with Gasteiger partial charge < -0.3 is 0 Å². The first-order valence-electron chi connectivity index (χ1n) is 6.15. The number of benzene rings is 1. The molecule has 0 N–H and O–H groups in total. The third kappa shape index (κ3) is 1.50. The van der Waals surface area contributed by atoms with E-state index in [1.807, 2.05) is 6.92 Å². The van der Waals surface area contributed by atoms with Gasteiger partial charge in [0.1, 0.15) is 5.82 Å². The van der Waals surface area contributed by atoms with E-state index in [0.29, 0.717) is 11.8 Å². The lowest BCUT2D eigenvalue weighted by atomic mass is 9.77. The molecule has 0 spiro atoms. The standard InChI is InChI=1S/C15H17F/c1-9-3-4-12-8-14(16)10(2)7-13(12)15(9)11-5-6-11/h3-4,7-9,11,15H,5-6H2,1-2H3. The maximum absolute atomic E-state index is 13.5. The summed E-state index contributed by atoms with van der Waals surface area (Å²) in [6.45, 7) is 4.14. The van der Waals surface area contributed by atoms with E-state index in [-0.39, 0.29) is 5.82 Å². The summed E-state index contributed by atoms with van der Waals surface area (Å²) in [5.41, 5.74) is 3.25. The molecule has 1 aromatic rings. The molecule has 0 aromatic heterocycles. The van der Waals surface area contributed by atoms with Crippen molar-refractivity contribution in [3.8, 4) is 0 Å². The highest BCUT2D eigenvalue weighted by Crippen LogP contribution is 2.50. The molecule has 0 radical (unpaired) electrons. The van der Waals surface area contributed by atoms with Crippen molar-refractivity contribution in [1.82, 2.24) is 0 Å². The van der Waals surface area contributed by atoms with Gasteiger partial charge >= 0.3 is 0 Å². The van der Waals surface area contributed by atoms with E-state index in [2.05, 4.69) is 25.1 Å². The van der Waals surface area contributed by atoms with Gasteiger partial charge in [0.2, 0.25) is 0 Å². The molecule has 2 aliphatic rings. The molecule has 0 heterocycles. The highest BCUT2D eigenvalue weighted by molar-refractivity contribution is 5.59. The molecule has 2 aliphatic carbocycles. The maximum Gasteiger partial charge on any atom is 0.126 e. The third-order valence-corrected chi connectivity index (χ3v) is 4.00.